The highest BCUT2D eigenvalue weighted by molar-refractivity contribution is 6.04. The van der Waals surface area contributed by atoms with Crippen LogP contribution in [0.25, 0.3) is 0 Å². The summed E-state index contributed by atoms with van der Waals surface area (Å²) in [5.74, 6) is 0.339. The Bertz CT molecular complexity index is 1080. The van der Waals surface area contributed by atoms with Gasteiger partial charge in [-0.25, -0.2) is 9.59 Å². The first-order valence-corrected chi connectivity index (χ1v) is 13.2. The van der Waals surface area contributed by atoms with Gasteiger partial charge in [-0.2, -0.15) is 0 Å². The normalized spacial score (nSPS) is 20.3. The van der Waals surface area contributed by atoms with Crippen molar-refractivity contribution in [3.8, 4) is 11.5 Å². The molecule has 2 aliphatic rings. The summed E-state index contributed by atoms with van der Waals surface area (Å²) >= 11 is 0. The number of fused-ring (bicyclic) bond motifs is 2. The fraction of sp³-hybridized carbons (Fsp3) is 0.484. The van der Waals surface area contributed by atoms with Crippen molar-refractivity contribution < 1.29 is 19.1 Å². The molecule has 2 aromatic carbocycles. The van der Waals surface area contributed by atoms with Crippen molar-refractivity contribution in [1.82, 2.24) is 0 Å². The molecule has 4 nitrogen and oxygen atoms in total. The molecular formula is C31H38O4. The molecule has 0 aromatic heterocycles. The molecule has 35 heavy (non-hydrogen) atoms. The third kappa shape index (κ3) is 4.55. The van der Waals surface area contributed by atoms with E-state index in [0.29, 0.717) is 22.6 Å². The van der Waals surface area contributed by atoms with E-state index in [4.69, 9.17) is 9.47 Å². The van der Waals surface area contributed by atoms with Crippen LogP contribution in [0, 0.1) is 17.3 Å². The zero-order chi connectivity index (χ0) is 25.3. The van der Waals surface area contributed by atoms with E-state index >= 15 is 0 Å². The SMILES string of the molecule is CCc1ccc(OC(=O)C2=C(C(=O)Oc3ccc(CC)cc3CC)C3CCC2C3(C)C)c(CC)c1. The summed E-state index contributed by atoms with van der Waals surface area (Å²) < 4.78 is 11.9. The van der Waals surface area contributed by atoms with Crippen LogP contribution in [0.1, 0.15) is 76.6 Å². The van der Waals surface area contributed by atoms with Gasteiger partial charge in [-0.1, -0.05) is 65.8 Å². The van der Waals surface area contributed by atoms with Crippen molar-refractivity contribution >= 4 is 11.9 Å². The van der Waals surface area contributed by atoms with Gasteiger partial charge < -0.3 is 9.47 Å². The second kappa shape index (κ2) is 10.0. The second-order valence-corrected chi connectivity index (χ2v) is 10.4. The highest BCUT2D eigenvalue weighted by Crippen LogP contribution is 2.60. The smallest absolute Gasteiger partial charge is 0.340 e. The Morgan fingerprint density at radius 3 is 1.46 bits per heavy atom. The lowest BCUT2D eigenvalue weighted by atomic mass is 9.79. The van der Waals surface area contributed by atoms with Gasteiger partial charge in [-0.15, -0.1) is 0 Å². The van der Waals surface area contributed by atoms with Crippen molar-refractivity contribution in [2.24, 2.45) is 17.3 Å². The van der Waals surface area contributed by atoms with Crippen molar-refractivity contribution in [2.45, 2.75) is 80.1 Å². The van der Waals surface area contributed by atoms with Crippen LogP contribution in [-0.4, -0.2) is 11.9 Å². The highest BCUT2D eigenvalue weighted by Gasteiger charge is 2.57. The quantitative estimate of drug-likeness (QED) is 0.311. The Morgan fingerprint density at radius 2 is 1.11 bits per heavy atom. The van der Waals surface area contributed by atoms with Crippen LogP contribution in [0.4, 0.5) is 0 Å². The van der Waals surface area contributed by atoms with E-state index in [1.807, 2.05) is 24.3 Å². The third-order valence-corrected chi connectivity index (χ3v) is 8.20. The van der Waals surface area contributed by atoms with Gasteiger partial charge in [0.25, 0.3) is 0 Å². The van der Waals surface area contributed by atoms with Gasteiger partial charge in [0, 0.05) is 0 Å². The van der Waals surface area contributed by atoms with Crippen LogP contribution >= 0.6 is 0 Å². The van der Waals surface area contributed by atoms with E-state index in [-0.39, 0.29) is 17.3 Å². The van der Waals surface area contributed by atoms with Gasteiger partial charge in [0.2, 0.25) is 0 Å². The Hall–Kier alpha value is -2.88. The van der Waals surface area contributed by atoms with E-state index < -0.39 is 11.9 Å². The summed E-state index contributed by atoms with van der Waals surface area (Å²) in [6, 6.07) is 12.0. The number of rotatable bonds is 8. The molecular weight excluding hydrogens is 436 g/mol. The van der Waals surface area contributed by atoms with E-state index in [0.717, 1.165) is 49.7 Å². The van der Waals surface area contributed by atoms with E-state index in [9.17, 15) is 9.59 Å². The number of ether oxygens (including phenoxy) is 2. The molecule has 2 bridgehead atoms. The molecule has 0 aliphatic heterocycles. The standard InChI is InChI=1S/C31H38O4/c1-7-19-11-15-25(21(9-3)17-19)34-29(32)27-23-13-14-24(31(23,5)6)28(27)30(33)35-26-16-12-20(8-2)18-22(26)10-4/h11-12,15-18,23-24H,7-10,13-14H2,1-6H3. The number of esters is 2. The predicted molar refractivity (Wildman–Crippen MR) is 139 cm³/mol. The molecule has 2 aliphatic carbocycles. The maximum atomic E-state index is 13.6. The molecule has 0 saturated heterocycles. The van der Waals surface area contributed by atoms with Crippen molar-refractivity contribution in [2.75, 3.05) is 0 Å². The average Bonchev–Trinajstić information content (AvgIpc) is 3.28. The van der Waals surface area contributed by atoms with Crippen LogP contribution in [-0.2, 0) is 35.3 Å². The number of aryl methyl sites for hydroxylation is 4. The molecule has 2 aromatic rings. The summed E-state index contributed by atoms with van der Waals surface area (Å²) in [6.45, 7) is 12.7. The van der Waals surface area contributed by atoms with Gasteiger partial charge in [0.05, 0.1) is 11.1 Å². The van der Waals surface area contributed by atoms with Crippen LogP contribution in [0.15, 0.2) is 47.5 Å². The molecule has 0 radical (unpaired) electrons. The summed E-state index contributed by atoms with van der Waals surface area (Å²) in [5.41, 5.74) is 5.30. The van der Waals surface area contributed by atoms with Crippen LogP contribution in [0.5, 0.6) is 11.5 Å². The van der Waals surface area contributed by atoms with Crippen molar-refractivity contribution in [1.29, 1.82) is 0 Å². The first-order chi connectivity index (χ1) is 16.7. The topological polar surface area (TPSA) is 52.6 Å². The second-order valence-electron chi connectivity index (χ2n) is 10.4. The monoisotopic (exact) mass is 474 g/mol. The number of carbonyl (C=O) groups is 2. The van der Waals surface area contributed by atoms with Gasteiger partial charge in [0.15, 0.2) is 0 Å². The van der Waals surface area contributed by atoms with Crippen molar-refractivity contribution in [3.63, 3.8) is 0 Å². The van der Waals surface area contributed by atoms with E-state index in [2.05, 4.69) is 53.7 Å². The van der Waals surface area contributed by atoms with Gasteiger partial charge >= 0.3 is 11.9 Å². The fourth-order valence-electron chi connectivity index (χ4n) is 6.00. The zero-order valence-corrected chi connectivity index (χ0v) is 22.0. The Labute approximate surface area is 209 Å². The van der Waals surface area contributed by atoms with Gasteiger partial charge in [0.1, 0.15) is 11.5 Å². The van der Waals surface area contributed by atoms with E-state index in [1.54, 1.807) is 0 Å². The molecule has 4 heteroatoms. The lowest BCUT2D eigenvalue weighted by Crippen LogP contribution is -2.24. The Morgan fingerprint density at radius 1 is 0.714 bits per heavy atom. The molecule has 1 saturated carbocycles. The molecule has 4 rings (SSSR count). The van der Waals surface area contributed by atoms with Gasteiger partial charge in [-0.05, 0) is 90.2 Å². The molecule has 2 atom stereocenters. The molecule has 0 spiro atoms. The molecule has 0 N–H and O–H groups in total. The first-order valence-electron chi connectivity index (χ1n) is 13.2. The fourth-order valence-corrected chi connectivity index (χ4v) is 6.00. The predicted octanol–water partition coefficient (Wildman–Crippen LogP) is 6.81. The first kappa shape index (κ1) is 25.2. The summed E-state index contributed by atoms with van der Waals surface area (Å²) in [5, 5.41) is 0. The summed E-state index contributed by atoms with van der Waals surface area (Å²) in [6.07, 6.45) is 5.18. The summed E-state index contributed by atoms with van der Waals surface area (Å²) in [4.78, 5) is 27.2. The molecule has 2 unspecified atom stereocenters. The molecule has 186 valence electrons. The number of hydrogen-bond donors (Lipinski definition) is 0. The minimum absolute atomic E-state index is 0.00402. The van der Waals surface area contributed by atoms with E-state index in [1.165, 1.54) is 11.1 Å². The Kier molecular flexibility index (Phi) is 7.21. The maximum absolute atomic E-state index is 13.6. The highest BCUT2D eigenvalue weighted by atomic mass is 16.5. The molecule has 0 heterocycles. The van der Waals surface area contributed by atoms with Crippen LogP contribution in [0.2, 0.25) is 0 Å². The lowest BCUT2D eigenvalue weighted by molar-refractivity contribution is -0.133. The third-order valence-electron chi connectivity index (χ3n) is 8.20. The number of hydrogen-bond acceptors (Lipinski definition) is 4. The lowest BCUT2D eigenvalue weighted by Gasteiger charge is -2.25. The van der Waals surface area contributed by atoms with Crippen LogP contribution < -0.4 is 9.47 Å². The van der Waals surface area contributed by atoms with Crippen molar-refractivity contribution in [3.05, 3.63) is 69.8 Å². The molecule has 0 amide bonds. The number of carbonyl (C=O) groups excluding carboxylic acids is 2. The van der Waals surface area contributed by atoms with Crippen LogP contribution in [0.3, 0.4) is 0 Å². The summed E-state index contributed by atoms with van der Waals surface area (Å²) in [7, 11) is 0. The largest absolute Gasteiger partial charge is 0.423 e. The number of benzene rings is 2. The Balaban J connectivity index is 1.68. The minimum Gasteiger partial charge on any atom is -0.423 e. The average molecular weight is 475 g/mol. The minimum atomic E-state index is -0.409. The maximum Gasteiger partial charge on any atom is 0.340 e. The van der Waals surface area contributed by atoms with Gasteiger partial charge in [-0.3, -0.25) is 0 Å². The molecule has 1 fully saturated rings. The zero-order valence-electron chi connectivity index (χ0n) is 22.0.